The Morgan fingerprint density at radius 1 is 1.31 bits per heavy atom. The zero-order valence-corrected chi connectivity index (χ0v) is 16.7. The van der Waals surface area contributed by atoms with E-state index >= 15 is 0 Å². The van der Waals surface area contributed by atoms with Crippen molar-refractivity contribution in [3.8, 4) is 5.75 Å². The number of esters is 1. The first kappa shape index (κ1) is 22.4. The summed E-state index contributed by atoms with van der Waals surface area (Å²) >= 11 is 0. The molecule has 1 fully saturated rings. The molecule has 4 atom stereocenters. The minimum atomic E-state index is -0.945. The lowest BCUT2D eigenvalue weighted by Gasteiger charge is -2.34. The Bertz CT molecular complexity index is 777. The standard InChI is InChI=1S/C20H27N3O6/c1-4-16(25)22-18(15-9-10-28-15)20(27)29-12(3)17(11(2)21)23-19(26)13-7-5-6-8-14(13)24/h5-8,12,15,17-18,21,24H,4,9-10H2,1-3H3,(H,22,25)(H,23,26). The molecule has 0 saturated carbocycles. The van der Waals surface area contributed by atoms with Gasteiger partial charge in [-0.1, -0.05) is 19.1 Å². The van der Waals surface area contributed by atoms with Crippen molar-refractivity contribution in [2.75, 3.05) is 6.61 Å². The molecule has 1 aromatic rings. The van der Waals surface area contributed by atoms with Gasteiger partial charge in [-0.2, -0.15) is 0 Å². The van der Waals surface area contributed by atoms with Gasteiger partial charge in [0, 0.05) is 18.7 Å². The van der Waals surface area contributed by atoms with Gasteiger partial charge in [0.05, 0.1) is 11.7 Å². The maximum atomic E-state index is 12.6. The number of carbonyl (C=O) groups is 3. The summed E-state index contributed by atoms with van der Waals surface area (Å²) in [6.45, 7) is 5.20. The maximum absolute atomic E-state index is 12.6. The van der Waals surface area contributed by atoms with Gasteiger partial charge in [0.25, 0.3) is 5.91 Å². The minimum absolute atomic E-state index is 0.0493. The first-order valence-corrected chi connectivity index (χ1v) is 9.50. The van der Waals surface area contributed by atoms with Gasteiger partial charge in [0.1, 0.15) is 17.9 Å². The highest BCUT2D eigenvalue weighted by Gasteiger charge is 2.38. The summed E-state index contributed by atoms with van der Waals surface area (Å²) in [4.78, 5) is 36.8. The van der Waals surface area contributed by atoms with Gasteiger partial charge in [-0.05, 0) is 32.4 Å². The normalized spacial score (nSPS) is 18.5. The molecule has 1 saturated heterocycles. The maximum Gasteiger partial charge on any atom is 0.331 e. The molecule has 1 aliphatic rings. The van der Waals surface area contributed by atoms with Gasteiger partial charge in [-0.3, -0.25) is 9.59 Å². The molecule has 9 nitrogen and oxygen atoms in total. The third-order valence-corrected chi connectivity index (χ3v) is 4.67. The number of benzene rings is 1. The molecule has 0 radical (unpaired) electrons. The van der Waals surface area contributed by atoms with Gasteiger partial charge in [-0.15, -0.1) is 0 Å². The topological polar surface area (TPSA) is 138 Å². The van der Waals surface area contributed by atoms with Crippen molar-refractivity contribution in [1.29, 1.82) is 5.41 Å². The van der Waals surface area contributed by atoms with Crippen molar-refractivity contribution in [3.63, 3.8) is 0 Å². The van der Waals surface area contributed by atoms with Gasteiger partial charge in [0.2, 0.25) is 5.91 Å². The third-order valence-electron chi connectivity index (χ3n) is 4.67. The summed E-state index contributed by atoms with van der Waals surface area (Å²) in [5.41, 5.74) is 0.122. The number of phenols is 1. The lowest BCUT2D eigenvalue weighted by molar-refractivity contribution is -0.163. The second kappa shape index (κ2) is 10.0. The highest BCUT2D eigenvalue weighted by molar-refractivity contribution is 6.00. The molecule has 1 aliphatic heterocycles. The van der Waals surface area contributed by atoms with E-state index in [1.807, 2.05) is 0 Å². The summed E-state index contributed by atoms with van der Waals surface area (Å²) in [5.74, 6) is -1.78. The molecule has 1 aromatic carbocycles. The summed E-state index contributed by atoms with van der Waals surface area (Å²) in [7, 11) is 0. The van der Waals surface area contributed by atoms with Crippen LogP contribution in [0.15, 0.2) is 24.3 Å². The van der Waals surface area contributed by atoms with E-state index in [1.54, 1.807) is 26.0 Å². The Morgan fingerprint density at radius 2 is 1.97 bits per heavy atom. The lowest BCUT2D eigenvalue weighted by Crippen LogP contribution is -2.56. The van der Waals surface area contributed by atoms with Crippen LogP contribution in [0.2, 0.25) is 0 Å². The van der Waals surface area contributed by atoms with Crippen LogP contribution < -0.4 is 10.6 Å². The molecule has 0 bridgehead atoms. The Morgan fingerprint density at radius 3 is 2.48 bits per heavy atom. The smallest absolute Gasteiger partial charge is 0.331 e. The molecule has 2 amide bonds. The van der Waals surface area contributed by atoms with E-state index in [9.17, 15) is 19.5 Å². The predicted octanol–water partition coefficient (Wildman–Crippen LogP) is 1.15. The van der Waals surface area contributed by atoms with Crippen molar-refractivity contribution in [2.24, 2.45) is 0 Å². The molecule has 4 unspecified atom stereocenters. The number of carbonyl (C=O) groups excluding carboxylic acids is 3. The molecule has 2 rings (SSSR count). The van der Waals surface area contributed by atoms with E-state index in [2.05, 4.69) is 10.6 Å². The Kier molecular flexibility index (Phi) is 7.72. The summed E-state index contributed by atoms with van der Waals surface area (Å²) in [6.07, 6.45) is -0.503. The molecule has 29 heavy (non-hydrogen) atoms. The van der Waals surface area contributed by atoms with Crippen molar-refractivity contribution in [1.82, 2.24) is 10.6 Å². The van der Waals surface area contributed by atoms with Gasteiger partial charge < -0.3 is 30.6 Å². The van der Waals surface area contributed by atoms with E-state index in [-0.39, 0.29) is 29.4 Å². The fraction of sp³-hybridized carbons (Fsp3) is 0.500. The molecule has 4 N–H and O–H groups in total. The number of nitrogens with one attached hydrogen (secondary N) is 3. The fourth-order valence-corrected chi connectivity index (χ4v) is 2.88. The summed E-state index contributed by atoms with van der Waals surface area (Å²) < 4.78 is 10.8. The number of hydrogen-bond acceptors (Lipinski definition) is 7. The average Bonchev–Trinajstić information content (AvgIpc) is 2.63. The largest absolute Gasteiger partial charge is 0.507 e. The number of amides is 2. The summed E-state index contributed by atoms with van der Waals surface area (Å²) in [6, 6.07) is 4.16. The number of ether oxygens (including phenoxy) is 2. The van der Waals surface area contributed by atoms with Crippen LogP contribution in [0.1, 0.15) is 44.0 Å². The monoisotopic (exact) mass is 405 g/mol. The van der Waals surface area contributed by atoms with Crippen LogP contribution >= 0.6 is 0 Å². The third kappa shape index (κ3) is 5.77. The van der Waals surface area contributed by atoms with E-state index in [0.29, 0.717) is 13.0 Å². The molecule has 0 aliphatic carbocycles. The molecule has 9 heteroatoms. The molecule has 0 aromatic heterocycles. The van der Waals surface area contributed by atoms with E-state index in [4.69, 9.17) is 14.9 Å². The van der Waals surface area contributed by atoms with E-state index in [1.165, 1.54) is 19.1 Å². The molecular weight excluding hydrogens is 378 g/mol. The zero-order chi connectivity index (χ0) is 21.6. The molecule has 1 heterocycles. The lowest BCUT2D eigenvalue weighted by atomic mass is 10.0. The number of para-hydroxylation sites is 1. The second-order valence-electron chi connectivity index (χ2n) is 6.89. The molecular formula is C20H27N3O6. The van der Waals surface area contributed by atoms with Crippen LogP contribution in [-0.2, 0) is 19.1 Å². The van der Waals surface area contributed by atoms with Crippen LogP contribution in [0, 0.1) is 5.41 Å². The Balaban J connectivity index is 2.07. The van der Waals surface area contributed by atoms with Gasteiger partial charge >= 0.3 is 5.97 Å². The predicted molar refractivity (Wildman–Crippen MR) is 105 cm³/mol. The van der Waals surface area contributed by atoms with Crippen LogP contribution in [-0.4, -0.2) is 59.5 Å². The number of rotatable bonds is 9. The van der Waals surface area contributed by atoms with Crippen molar-refractivity contribution in [2.45, 2.75) is 57.9 Å². The second-order valence-corrected chi connectivity index (χ2v) is 6.89. The SMILES string of the molecule is CCC(=O)NC(C(=O)OC(C)C(NC(=O)c1ccccc1O)C(C)=N)C1CCO1. The van der Waals surface area contributed by atoms with Gasteiger partial charge in [0.15, 0.2) is 6.04 Å². The number of hydrogen-bond donors (Lipinski definition) is 4. The highest BCUT2D eigenvalue weighted by Crippen LogP contribution is 2.19. The average molecular weight is 405 g/mol. The van der Waals surface area contributed by atoms with Crippen molar-refractivity contribution in [3.05, 3.63) is 29.8 Å². The van der Waals surface area contributed by atoms with E-state index < -0.39 is 36.2 Å². The summed E-state index contributed by atoms with van der Waals surface area (Å²) in [5, 5.41) is 23.0. The number of phenolic OH excluding ortho intramolecular Hbond substituents is 1. The van der Waals surface area contributed by atoms with E-state index in [0.717, 1.165) is 0 Å². The van der Waals surface area contributed by atoms with Crippen LogP contribution in [0.5, 0.6) is 5.75 Å². The van der Waals surface area contributed by atoms with Crippen LogP contribution in [0.4, 0.5) is 0 Å². The van der Waals surface area contributed by atoms with Crippen LogP contribution in [0.3, 0.4) is 0 Å². The Hall–Kier alpha value is -2.94. The van der Waals surface area contributed by atoms with Gasteiger partial charge in [-0.25, -0.2) is 4.79 Å². The Labute approximate surface area is 169 Å². The first-order chi connectivity index (χ1) is 13.7. The molecule has 0 spiro atoms. The highest BCUT2D eigenvalue weighted by atomic mass is 16.6. The zero-order valence-electron chi connectivity index (χ0n) is 16.7. The quantitative estimate of drug-likeness (QED) is 0.359. The fourth-order valence-electron chi connectivity index (χ4n) is 2.88. The van der Waals surface area contributed by atoms with Crippen molar-refractivity contribution >= 4 is 23.5 Å². The minimum Gasteiger partial charge on any atom is -0.507 e. The van der Waals surface area contributed by atoms with Crippen LogP contribution in [0.25, 0.3) is 0 Å². The van der Waals surface area contributed by atoms with Crippen molar-refractivity contribution < 1.29 is 29.0 Å². The number of aromatic hydroxyl groups is 1. The molecule has 158 valence electrons. The first-order valence-electron chi connectivity index (χ1n) is 9.50.